The minimum Gasteiger partial charge on any atom is -0.353 e. The van der Waals surface area contributed by atoms with E-state index < -0.39 is 0 Å². The lowest BCUT2D eigenvalue weighted by Gasteiger charge is -2.16. The maximum absolute atomic E-state index is 11.9. The molecule has 0 fully saturated rings. The number of nitrogens with one attached hydrogen (secondary N) is 1. The zero-order chi connectivity index (χ0) is 16.4. The predicted molar refractivity (Wildman–Crippen MR) is 88.2 cm³/mol. The Hall–Kier alpha value is -1.63. The highest BCUT2D eigenvalue weighted by molar-refractivity contribution is 7.99. The zero-order valence-electron chi connectivity index (χ0n) is 14.0. The van der Waals surface area contributed by atoms with Crippen molar-refractivity contribution in [3.05, 3.63) is 17.0 Å². The average Bonchev–Trinajstić information content (AvgIpc) is 2.85. The van der Waals surface area contributed by atoms with Crippen molar-refractivity contribution in [2.75, 3.05) is 5.75 Å². The van der Waals surface area contributed by atoms with Gasteiger partial charge in [0.15, 0.2) is 0 Å². The van der Waals surface area contributed by atoms with Gasteiger partial charge in [0, 0.05) is 17.4 Å². The third-order valence-corrected chi connectivity index (χ3v) is 4.80. The van der Waals surface area contributed by atoms with E-state index in [0.717, 1.165) is 17.0 Å². The number of amides is 1. The minimum absolute atomic E-state index is 0.00194. The molecule has 0 aliphatic heterocycles. The van der Waals surface area contributed by atoms with Gasteiger partial charge in [0.1, 0.15) is 0 Å². The Bertz CT molecular complexity index is 695. The molecular formula is C15H23N5OS. The van der Waals surface area contributed by atoms with Crippen molar-refractivity contribution in [3.63, 3.8) is 0 Å². The first-order valence-electron chi connectivity index (χ1n) is 7.42. The van der Waals surface area contributed by atoms with Crippen LogP contribution in [-0.4, -0.2) is 37.3 Å². The fourth-order valence-electron chi connectivity index (χ4n) is 1.89. The van der Waals surface area contributed by atoms with Crippen LogP contribution in [0.15, 0.2) is 5.16 Å². The monoisotopic (exact) mass is 321 g/mol. The van der Waals surface area contributed by atoms with Crippen LogP contribution in [-0.2, 0) is 4.79 Å². The molecule has 22 heavy (non-hydrogen) atoms. The number of carbonyl (C=O) groups is 1. The van der Waals surface area contributed by atoms with E-state index in [1.165, 1.54) is 11.8 Å². The van der Waals surface area contributed by atoms with E-state index in [1.54, 1.807) is 4.52 Å². The number of hydrogen-bond acceptors (Lipinski definition) is 5. The van der Waals surface area contributed by atoms with E-state index in [0.29, 0.717) is 22.6 Å². The molecule has 2 heterocycles. The van der Waals surface area contributed by atoms with Gasteiger partial charge in [0.05, 0.1) is 5.75 Å². The molecule has 0 aromatic carbocycles. The molecule has 0 spiro atoms. The quantitative estimate of drug-likeness (QED) is 0.856. The van der Waals surface area contributed by atoms with E-state index in [1.807, 2.05) is 27.7 Å². The molecule has 0 radical (unpaired) electrons. The van der Waals surface area contributed by atoms with Gasteiger partial charge < -0.3 is 5.32 Å². The van der Waals surface area contributed by atoms with Gasteiger partial charge >= 0.3 is 0 Å². The van der Waals surface area contributed by atoms with E-state index in [4.69, 9.17) is 0 Å². The Labute approximate surface area is 135 Å². The van der Waals surface area contributed by atoms with Crippen LogP contribution in [0.25, 0.3) is 5.78 Å². The molecule has 120 valence electrons. The molecule has 0 aliphatic carbocycles. The summed E-state index contributed by atoms with van der Waals surface area (Å²) < 4.78 is 1.74. The molecule has 2 rings (SSSR count). The molecule has 0 saturated heterocycles. The lowest BCUT2D eigenvalue weighted by Crippen LogP contribution is -2.37. The van der Waals surface area contributed by atoms with Gasteiger partial charge in [-0.1, -0.05) is 25.6 Å². The normalized spacial score (nSPS) is 12.9. The third kappa shape index (κ3) is 3.58. The molecule has 0 bridgehead atoms. The van der Waals surface area contributed by atoms with Gasteiger partial charge in [0.2, 0.25) is 11.1 Å². The predicted octanol–water partition coefficient (Wildman–Crippen LogP) is 2.30. The summed E-state index contributed by atoms with van der Waals surface area (Å²) in [6.45, 7) is 12.2. The van der Waals surface area contributed by atoms with Crippen LogP contribution in [0.1, 0.15) is 37.7 Å². The summed E-state index contributed by atoms with van der Waals surface area (Å²) in [6.07, 6.45) is 0. The van der Waals surface area contributed by atoms with E-state index in [9.17, 15) is 4.79 Å². The molecule has 2 aromatic heterocycles. The lowest BCUT2D eigenvalue weighted by molar-refractivity contribution is -0.119. The van der Waals surface area contributed by atoms with Crippen LogP contribution in [0.5, 0.6) is 0 Å². The highest BCUT2D eigenvalue weighted by atomic mass is 32.2. The molecule has 0 unspecified atom stereocenters. The fraction of sp³-hybridized carbons (Fsp3) is 0.600. The highest BCUT2D eigenvalue weighted by Crippen LogP contribution is 2.17. The number of rotatable bonds is 5. The number of hydrogen-bond donors (Lipinski definition) is 1. The van der Waals surface area contributed by atoms with Crippen LogP contribution in [0, 0.1) is 26.7 Å². The van der Waals surface area contributed by atoms with Gasteiger partial charge in [-0.2, -0.15) is 4.98 Å². The van der Waals surface area contributed by atoms with E-state index >= 15 is 0 Å². The maximum atomic E-state index is 11.9. The van der Waals surface area contributed by atoms with Crippen molar-refractivity contribution in [1.29, 1.82) is 0 Å². The maximum Gasteiger partial charge on any atom is 0.253 e. The second kappa shape index (κ2) is 6.64. The van der Waals surface area contributed by atoms with Crippen molar-refractivity contribution in [1.82, 2.24) is 24.9 Å². The molecule has 0 aliphatic rings. The Morgan fingerprint density at radius 2 is 1.91 bits per heavy atom. The second-order valence-electron chi connectivity index (χ2n) is 5.90. The molecule has 1 amide bonds. The SMILES string of the molecule is Cc1nc2nc(SCC(=O)N[C@H](C)C(C)C)nn2c(C)c1C. The van der Waals surface area contributed by atoms with Gasteiger partial charge in [-0.15, -0.1) is 5.10 Å². The van der Waals surface area contributed by atoms with Crippen molar-refractivity contribution in [2.24, 2.45) is 5.92 Å². The minimum atomic E-state index is 0.00194. The van der Waals surface area contributed by atoms with E-state index in [2.05, 4.69) is 34.2 Å². The Balaban J connectivity index is 2.07. The number of thioether (sulfide) groups is 1. The van der Waals surface area contributed by atoms with Crippen LogP contribution in [0.2, 0.25) is 0 Å². The Morgan fingerprint density at radius 3 is 2.55 bits per heavy atom. The smallest absolute Gasteiger partial charge is 0.253 e. The summed E-state index contributed by atoms with van der Waals surface area (Å²) >= 11 is 1.33. The summed E-state index contributed by atoms with van der Waals surface area (Å²) in [4.78, 5) is 20.7. The van der Waals surface area contributed by atoms with Crippen LogP contribution < -0.4 is 5.32 Å². The van der Waals surface area contributed by atoms with Crippen molar-refractivity contribution in [3.8, 4) is 0 Å². The van der Waals surface area contributed by atoms with E-state index in [-0.39, 0.29) is 11.9 Å². The topological polar surface area (TPSA) is 72.2 Å². The number of aromatic nitrogens is 4. The lowest BCUT2D eigenvalue weighted by atomic mass is 10.1. The van der Waals surface area contributed by atoms with Crippen molar-refractivity contribution in [2.45, 2.75) is 52.7 Å². The van der Waals surface area contributed by atoms with Gasteiger partial charge in [-0.05, 0) is 39.2 Å². The summed E-state index contributed by atoms with van der Waals surface area (Å²) in [6, 6.07) is 0.163. The summed E-state index contributed by atoms with van der Waals surface area (Å²) in [7, 11) is 0. The number of nitrogens with zero attached hydrogens (tertiary/aromatic N) is 4. The van der Waals surface area contributed by atoms with Gasteiger partial charge in [-0.3, -0.25) is 4.79 Å². The van der Waals surface area contributed by atoms with Crippen LogP contribution in [0.3, 0.4) is 0 Å². The third-order valence-electron chi connectivity index (χ3n) is 3.96. The number of aryl methyl sites for hydroxylation is 2. The molecule has 6 nitrogen and oxygen atoms in total. The molecule has 7 heteroatoms. The first kappa shape index (κ1) is 16.7. The van der Waals surface area contributed by atoms with Gasteiger partial charge in [-0.25, -0.2) is 9.50 Å². The number of carbonyl (C=O) groups excluding carboxylic acids is 1. The Morgan fingerprint density at radius 1 is 1.23 bits per heavy atom. The number of fused-ring (bicyclic) bond motifs is 1. The highest BCUT2D eigenvalue weighted by Gasteiger charge is 2.14. The fourth-order valence-corrected chi connectivity index (χ4v) is 2.52. The summed E-state index contributed by atoms with van der Waals surface area (Å²) in [5, 5.41) is 7.98. The molecule has 1 N–H and O–H groups in total. The molecule has 1 atom stereocenters. The average molecular weight is 321 g/mol. The summed E-state index contributed by atoms with van der Waals surface area (Å²) in [5.74, 6) is 1.31. The molecule has 0 saturated carbocycles. The van der Waals surface area contributed by atoms with Crippen LogP contribution in [0.4, 0.5) is 0 Å². The second-order valence-corrected chi connectivity index (χ2v) is 6.85. The van der Waals surface area contributed by atoms with Crippen LogP contribution >= 0.6 is 11.8 Å². The van der Waals surface area contributed by atoms with Crippen molar-refractivity contribution >= 4 is 23.4 Å². The summed E-state index contributed by atoms with van der Waals surface area (Å²) in [5.41, 5.74) is 3.09. The Kier molecular flexibility index (Phi) is 5.05. The first-order valence-corrected chi connectivity index (χ1v) is 8.41. The van der Waals surface area contributed by atoms with Crippen molar-refractivity contribution < 1.29 is 4.79 Å². The zero-order valence-corrected chi connectivity index (χ0v) is 14.8. The van der Waals surface area contributed by atoms with Gasteiger partial charge in [0.25, 0.3) is 5.78 Å². The molecular weight excluding hydrogens is 298 g/mol. The largest absolute Gasteiger partial charge is 0.353 e. The standard InChI is InChI=1S/C15H23N5OS/c1-8(2)10(4)16-13(21)7-22-15-18-14-17-11(5)9(3)12(6)20(14)19-15/h8,10H,7H2,1-6H3,(H,16,21)/t10-/m1/s1. The first-order chi connectivity index (χ1) is 10.3. The molecule has 2 aromatic rings.